The van der Waals surface area contributed by atoms with E-state index in [2.05, 4.69) is 4.98 Å². The van der Waals surface area contributed by atoms with Gasteiger partial charge in [0, 0.05) is 39.4 Å². The maximum absolute atomic E-state index is 12.4. The Kier molecular flexibility index (Phi) is 4.36. The Morgan fingerprint density at radius 2 is 2.17 bits per heavy atom. The topological polar surface area (TPSA) is 82.8 Å². The molecule has 1 atom stereocenters. The summed E-state index contributed by atoms with van der Waals surface area (Å²) in [5, 5.41) is 0. The number of pyridine rings is 1. The van der Waals surface area contributed by atoms with Crippen molar-refractivity contribution in [2.24, 2.45) is 5.92 Å². The normalized spacial score (nSPS) is 21.3. The molecule has 7 nitrogen and oxygen atoms in total. The molecule has 1 aromatic rings. The number of likely N-dealkylation sites (tertiary alicyclic amines) is 1. The fourth-order valence-electron chi connectivity index (χ4n) is 3.23. The van der Waals surface area contributed by atoms with Crippen LogP contribution in [0.25, 0.3) is 0 Å². The predicted octanol–water partition coefficient (Wildman–Crippen LogP) is 0.422. The molecule has 3 heterocycles. The minimum Gasteiger partial charge on any atom is -0.384 e. The lowest BCUT2D eigenvalue weighted by Gasteiger charge is -2.21. The van der Waals surface area contributed by atoms with Gasteiger partial charge in [0.25, 0.3) is 0 Å². The monoisotopic (exact) mass is 317 g/mol. The average Bonchev–Trinajstić information content (AvgIpc) is 3.12. The third-order valence-corrected chi connectivity index (χ3v) is 4.64. The number of likely N-dealkylation sites (N-methyl/N-ethyl adjacent to an activating group) is 1. The predicted molar refractivity (Wildman–Crippen MR) is 86.6 cm³/mol. The molecule has 1 aromatic heterocycles. The van der Waals surface area contributed by atoms with Crippen LogP contribution < -0.4 is 5.73 Å². The highest BCUT2D eigenvalue weighted by atomic mass is 16.2. The van der Waals surface area contributed by atoms with Gasteiger partial charge in [-0.15, -0.1) is 0 Å². The van der Waals surface area contributed by atoms with Crippen LogP contribution in [0.5, 0.6) is 0 Å². The zero-order chi connectivity index (χ0) is 16.4. The van der Waals surface area contributed by atoms with E-state index in [1.807, 2.05) is 17.0 Å². The van der Waals surface area contributed by atoms with Crippen LogP contribution in [0, 0.1) is 5.92 Å². The quantitative estimate of drug-likeness (QED) is 0.872. The zero-order valence-electron chi connectivity index (χ0n) is 13.4. The molecular weight excluding hydrogens is 294 g/mol. The first-order valence-electron chi connectivity index (χ1n) is 8.01. The summed E-state index contributed by atoms with van der Waals surface area (Å²) in [5.74, 6) is 1.02. The van der Waals surface area contributed by atoms with Crippen molar-refractivity contribution in [1.29, 1.82) is 0 Å². The highest BCUT2D eigenvalue weighted by molar-refractivity contribution is 5.85. The van der Waals surface area contributed by atoms with Gasteiger partial charge in [0.15, 0.2) is 0 Å². The molecule has 0 saturated carbocycles. The summed E-state index contributed by atoms with van der Waals surface area (Å²) >= 11 is 0. The Labute approximate surface area is 136 Å². The van der Waals surface area contributed by atoms with Crippen molar-refractivity contribution in [3.63, 3.8) is 0 Å². The van der Waals surface area contributed by atoms with E-state index < -0.39 is 0 Å². The number of nitrogen functional groups attached to an aromatic ring is 1. The van der Waals surface area contributed by atoms with Crippen molar-refractivity contribution in [2.45, 2.75) is 12.8 Å². The Bertz CT molecular complexity index is 589. The van der Waals surface area contributed by atoms with E-state index in [9.17, 15) is 9.59 Å². The third-order valence-electron chi connectivity index (χ3n) is 4.64. The Morgan fingerprint density at radius 1 is 1.35 bits per heavy atom. The van der Waals surface area contributed by atoms with E-state index >= 15 is 0 Å². The molecule has 0 radical (unpaired) electrons. The number of hydrogen-bond donors (Lipinski definition) is 1. The van der Waals surface area contributed by atoms with Gasteiger partial charge in [-0.3, -0.25) is 4.79 Å². The molecule has 0 spiro atoms. The van der Waals surface area contributed by atoms with Gasteiger partial charge < -0.3 is 20.4 Å². The second-order valence-electron chi connectivity index (χ2n) is 6.42. The molecule has 0 aliphatic carbocycles. The highest BCUT2D eigenvalue weighted by Gasteiger charge is 2.31. The molecule has 7 heteroatoms. The molecule has 0 bridgehead atoms. The van der Waals surface area contributed by atoms with Gasteiger partial charge >= 0.3 is 6.03 Å². The van der Waals surface area contributed by atoms with Crippen molar-refractivity contribution in [2.75, 3.05) is 45.5 Å². The second-order valence-corrected chi connectivity index (χ2v) is 6.42. The fraction of sp³-hybridized carbons (Fsp3) is 0.562. The van der Waals surface area contributed by atoms with Crippen LogP contribution in [0.2, 0.25) is 0 Å². The molecule has 124 valence electrons. The van der Waals surface area contributed by atoms with E-state index in [0.717, 1.165) is 31.5 Å². The van der Waals surface area contributed by atoms with E-state index in [1.54, 1.807) is 23.0 Å². The van der Waals surface area contributed by atoms with Crippen LogP contribution >= 0.6 is 0 Å². The van der Waals surface area contributed by atoms with E-state index in [1.165, 1.54) is 0 Å². The summed E-state index contributed by atoms with van der Waals surface area (Å²) in [7, 11) is 1.76. The number of nitrogens with two attached hydrogens (primary N) is 1. The summed E-state index contributed by atoms with van der Waals surface area (Å²) in [4.78, 5) is 33.5. The standard InChI is InChI=1S/C16H23N5O2/c1-19-6-7-21(16(19)23)11-15(22)20-5-4-13(10-20)8-12-2-3-14(17)18-9-12/h2-3,9,13H,4-8,10-11H2,1H3,(H2,17,18). The largest absolute Gasteiger partial charge is 0.384 e. The first kappa shape index (κ1) is 15.6. The van der Waals surface area contributed by atoms with Gasteiger partial charge in [-0.05, 0) is 30.4 Å². The molecule has 23 heavy (non-hydrogen) atoms. The Hall–Kier alpha value is -2.31. The number of hydrogen-bond acceptors (Lipinski definition) is 4. The number of carbonyl (C=O) groups excluding carboxylic acids is 2. The minimum absolute atomic E-state index is 0.0478. The van der Waals surface area contributed by atoms with Crippen molar-refractivity contribution >= 4 is 17.8 Å². The fourth-order valence-corrected chi connectivity index (χ4v) is 3.23. The molecule has 3 amide bonds. The third kappa shape index (κ3) is 3.55. The first-order chi connectivity index (χ1) is 11.0. The van der Waals surface area contributed by atoms with Gasteiger partial charge in [-0.1, -0.05) is 6.07 Å². The molecule has 0 aromatic carbocycles. The molecule has 2 fully saturated rings. The molecule has 2 N–H and O–H groups in total. The van der Waals surface area contributed by atoms with E-state index in [0.29, 0.717) is 24.8 Å². The Morgan fingerprint density at radius 3 is 2.83 bits per heavy atom. The number of anilines is 1. The Balaban J connectivity index is 1.50. The van der Waals surface area contributed by atoms with Crippen LogP contribution in [0.3, 0.4) is 0 Å². The van der Waals surface area contributed by atoms with Crippen LogP contribution in [-0.2, 0) is 11.2 Å². The number of urea groups is 1. The molecule has 2 aliphatic rings. The van der Waals surface area contributed by atoms with E-state index in [-0.39, 0.29) is 18.5 Å². The van der Waals surface area contributed by atoms with Crippen LogP contribution in [0.1, 0.15) is 12.0 Å². The van der Waals surface area contributed by atoms with Gasteiger partial charge in [0.2, 0.25) is 5.91 Å². The molecule has 2 aliphatic heterocycles. The number of carbonyl (C=O) groups is 2. The first-order valence-corrected chi connectivity index (χ1v) is 8.01. The zero-order valence-corrected chi connectivity index (χ0v) is 13.4. The molecule has 3 rings (SSSR count). The lowest BCUT2D eigenvalue weighted by Crippen LogP contribution is -2.41. The summed E-state index contributed by atoms with van der Waals surface area (Å²) < 4.78 is 0. The summed E-state index contributed by atoms with van der Waals surface area (Å²) in [5.41, 5.74) is 6.74. The highest BCUT2D eigenvalue weighted by Crippen LogP contribution is 2.21. The van der Waals surface area contributed by atoms with Gasteiger partial charge in [0.1, 0.15) is 12.4 Å². The van der Waals surface area contributed by atoms with Gasteiger partial charge in [0.05, 0.1) is 0 Å². The maximum Gasteiger partial charge on any atom is 0.320 e. The summed E-state index contributed by atoms with van der Waals surface area (Å²) in [6.45, 7) is 3.04. The second kappa shape index (κ2) is 6.44. The van der Waals surface area contributed by atoms with Crippen molar-refractivity contribution in [3.05, 3.63) is 23.9 Å². The smallest absolute Gasteiger partial charge is 0.320 e. The number of nitrogens with zero attached hydrogens (tertiary/aromatic N) is 4. The maximum atomic E-state index is 12.4. The van der Waals surface area contributed by atoms with Crippen molar-refractivity contribution in [3.8, 4) is 0 Å². The number of rotatable bonds is 4. The molecule has 1 unspecified atom stereocenters. The van der Waals surface area contributed by atoms with Gasteiger partial charge in [-0.25, -0.2) is 9.78 Å². The van der Waals surface area contributed by atoms with Gasteiger partial charge in [-0.2, -0.15) is 0 Å². The summed E-state index contributed by atoms with van der Waals surface area (Å²) in [6.07, 6.45) is 3.70. The number of aromatic nitrogens is 1. The minimum atomic E-state index is -0.0537. The lowest BCUT2D eigenvalue weighted by molar-refractivity contribution is -0.130. The SMILES string of the molecule is CN1CCN(CC(=O)N2CCC(Cc3ccc(N)nc3)C2)C1=O. The van der Waals surface area contributed by atoms with E-state index in [4.69, 9.17) is 5.73 Å². The average molecular weight is 317 g/mol. The number of amides is 3. The molecule has 2 saturated heterocycles. The van der Waals surface area contributed by atoms with Crippen molar-refractivity contribution in [1.82, 2.24) is 19.7 Å². The van der Waals surface area contributed by atoms with Crippen LogP contribution in [-0.4, -0.2) is 71.4 Å². The van der Waals surface area contributed by atoms with Crippen molar-refractivity contribution < 1.29 is 9.59 Å². The summed E-state index contributed by atoms with van der Waals surface area (Å²) in [6, 6.07) is 3.75. The van der Waals surface area contributed by atoms with Crippen LogP contribution in [0.15, 0.2) is 18.3 Å². The van der Waals surface area contributed by atoms with Crippen LogP contribution in [0.4, 0.5) is 10.6 Å². The lowest BCUT2D eigenvalue weighted by atomic mass is 10.00. The molecular formula is C16H23N5O2.